The van der Waals surface area contributed by atoms with Crippen molar-refractivity contribution in [2.24, 2.45) is 0 Å². The molecule has 3 heterocycles. The molecule has 4 rings (SSSR count). The zero-order valence-corrected chi connectivity index (χ0v) is 16.6. The van der Waals surface area contributed by atoms with Gasteiger partial charge in [-0.3, -0.25) is 15.2 Å². The van der Waals surface area contributed by atoms with Gasteiger partial charge in [-0.1, -0.05) is 18.6 Å². The fourth-order valence-electron chi connectivity index (χ4n) is 3.69. The molecule has 0 saturated carbocycles. The molecule has 2 aliphatic heterocycles. The number of nitrogens with zero attached hydrogens (tertiary/aromatic N) is 2. The summed E-state index contributed by atoms with van der Waals surface area (Å²) in [5, 5.41) is 15.8. The van der Waals surface area contributed by atoms with Crippen molar-refractivity contribution in [1.29, 1.82) is 0 Å². The molecular formula is C19H23FN6O2S. The largest absolute Gasteiger partial charge is 0.332 e. The molecule has 10 heteroatoms. The first kappa shape index (κ1) is 19.7. The van der Waals surface area contributed by atoms with E-state index in [4.69, 9.17) is 0 Å². The van der Waals surface area contributed by atoms with Gasteiger partial charge in [-0.15, -0.1) is 5.10 Å². The van der Waals surface area contributed by atoms with Crippen LogP contribution in [0, 0.1) is 5.82 Å². The molecule has 4 N–H and O–H groups in total. The van der Waals surface area contributed by atoms with Crippen molar-refractivity contribution in [3.63, 3.8) is 0 Å². The number of rotatable bonds is 8. The second-order valence-electron chi connectivity index (χ2n) is 7.32. The highest BCUT2D eigenvalue weighted by molar-refractivity contribution is 8.00. The topological polar surface area (TPSA) is 112 Å². The molecule has 8 nitrogen and oxygen atoms in total. The normalized spacial score (nSPS) is 22.8. The van der Waals surface area contributed by atoms with E-state index in [1.807, 2.05) is 11.8 Å². The number of nitrogens with one attached hydrogen (secondary N) is 4. The fraction of sp³-hybridized carbons (Fsp3) is 0.474. The zero-order valence-electron chi connectivity index (χ0n) is 15.8. The maximum atomic E-state index is 13.0. The number of benzene rings is 1. The first-order valence-corrected chi connectivity index (χ1v) is 10.8. The number of hydrogen-bond donors (Lipinski definition) is 4. The van der Waals surface area contributed by atoms with Gasteiger partial charge in [-0.25, -0.2) is 9.18 Å². The van der Waals surface area contributed by atoms with E-state index in [1.54, 1.807) is 12.1 Å². The van der Waals surface area contributed by atoms with Crippen LogP contribution < -0.4 is 16.0 Å². The number of halogens is 1. The summed E-state index contributed by atoms with van der Waals surface area (Å²) in [5.41, 5.74) is 0.904. The van der Waals surface area contributed by atoms with Crippen molar-refractivity contribution in [2.45, 2.75) is 49.4 Å². The minimum absolute atomic E-state index is 0.0741. The van der Waals surface area contributed by atoms with Crippen LogP contribution in [-0.2, 0) is 11.2 Å². The molecule has 0 aliphatic carbocycles. The summed E-state index contributed by atoms with van der Waals surface area (Å²) in [6.45, 7) is 0. The van der Waals surface area contributed by atoms with Gasteiger partial charge in [0.25, 0.3) is 0 Å². The summed E-state index contributed by atoms with van der Waals surface area (Å²) in [6, 6.07) is 6.54. The summed E-state index contributed by atoms with van der Waals surface area (Å²) >= 11 is 1.88. The van der Waals surface area contributed by atoms with E-state index in [1.165, 1.54) is 12.1 Å². The number of anilines is 1. The standard InChI is InChI=1S/C19H23FN6O2S/c20-12-7-5-11(6-8-12)9-15-22-18(26-25-15)23-16(27)4-2-1-3-14-17-13(10-29-14)21-19(28)24-17/h5-8,13-14,17H,1-4,9-10H2,(H2,21,24,28)(H2,22,23,25,26,27)/t13-,14+,17-/m1/s1. The first-order chi connectivity index (χ1) is 14.1. The van der Waals surface area contributed by atoms with Crippen LogP contribution in [0.25, 0.3) is 0 Å². The quantitative estimate of drug-likeness (QED) is 0.388. The number of carbonyl (C=O) groups excluding carboxylic acids is 2. The van der Waals surface area contributed by atoms with Crippen LogP contribution in [0.2, 0.25) is 0 Å². The molecule has 0 unspecified atom stereocenters. The molecular weight excluding hydrogens is 395 g/mol. The summed E-state index contributed by atoms with van der Waals surface area (Å²) < 4.78 is 13.0. The van der Waals surface area contributed by atoms with Crippen molar-refractivity contribution in [1.82, 2.24) is 25.8 Å². The lowest BCUT2D eigenvalue weighted by atomic mass is 10.0. The Bertz CT molecular complexity index is 874. The highest BCUT2D eigenvalue weighted by Gasteiger charge is 2.42. The first-order valence-electron chi connectivity index (χ1n) is 9.71. The molecule has 3 amide bonds. The Kier molecular flexibility index (Phi) is 5.98. The molecule has 2 saturated heterocycles. The third-order valence-corrected chi connectivity index (χ3v) is 6.66. The van der Waals surface area contributed by atoms with Crippen LogP contribution in [0.1, 0.15) is 37.1 Å². The zero-order chi connectivity index (χ0) is 20.2. The van der Waals surface area contributed by atoms with E-state index in [9.17, 15) is 14.0 Å². The molecule has 2 aromatic rings. The lowest BCUT2D eigenvalue weighted by Crippen LogP contribution is -2.36. The second kappa shape index (κ2) is 8.81. The summed E-state index contributed by atoms with van der Waals surface area (Å²) in [7, 11) is 0. The maximum Gasteiger partial charge on any atom is 0.315 e. The SMILES string of the molecule is O=C(CCCC[C@@H]1SC[C@H]2NC(=O)N[C@@H]12)Nc1n[nH]c(Cc2ccc(F)cc2)n1. The summed E-state index contributed by atoms with van der Waals surface area (Å²) in [4.78, 5) is 27.8. The molecule has 0 bridgehead atoms. The number of aromatic nitrogens is 3. The Labute approximate surface area is 171 Å². The number of hydrogen-bond acceptors (Lipinski definition) is 5. The number of aromatic amines is 1. The van der Waals surface area contributed by atoms with Crippen LogP contribution in [0.5, 0.6) is 0 Å². The fourth-order valence-corrected chi connectivity index (χ4v) is 5.23. The number of thioether (sulfide) groups is 1. The molecule has 2 fully saturated rings. The van der Waals surface area contributed by atoms with Crippen molar-refractivity contribution in [3.8, 4) is 0 Å². The predicted molar refractivity (Wildman–Crippen MR) is 108 cm³/mol. The lowest BCUT2D eigenvalue weighted by Gasteiger charge is -2.16. The minimum atomic E-state index is -0.282. The van der Waals surface area contributed by atoms with E-state index in [0.717, 1.165) is 30.6 Å². The Morgan fingerprint density at radius 3 is 2.90 bits per heavy atom. The van der Waals surface area contributed by atoms with Gasteiger partial charge in [-0.2, -0.15) is 16.7 Å². The van der Waals surface area contributed by atoms with Gasteiger partial charge in [0.2, 0.25) is 11.9 Å². The third kappa shape index (κ3) is 5.06. The average molecular weight is 418 g/mol. The second-order valence-corrected chi connectivity index (χ2v) is 8.60. The van der Waals surface area contributed by atoms with E-state index < -0.39 is 0 Å². The molecule has 2 aliphatic rings. The number of fused-ring (bicyclic) bond motifs is 1. The third-order valence-electron chi connectivity index (χ3n) is 5.15. The van der Waals surface area contributed by atoms with Crippen LogP contribution in [0.4, 0.5) is 15.1 Å². The average Bonchev–Trinajstić information content (AvgIpc) is 3.38. The van der Waals surface area contributed by atoms with E-state index in [2.05, 4.69) is 31.1 Å². The van der Waals surface area contributed by atoms with Crippen molar-refractivity contribution in [3.05, 3.63) is 41.5 Å². The summed E-state index contributed by atoms with van der Waals surface area (Å²) in [6.07, 6.45) is 3.56. The lowest BCUT2D eigenvalue weighted by molar-refractivity contribution is -0.116. The van der Waals surface area contributed by atoms with E-state index >= 15 is 0 Å². The van der Waals surface area contributed by atoms with Crippen molar-refractivity contribution < 1.29 is 14.0 Å². The van der Waals surface area contributed by atoms with Crippen LogP contribution in [0.15, 0.2) is 24.3 Å². The van der Waals surface area contributed by atoms with Gasteiger partial charge in [0.05, 0.1) is 12.1 Å². The number of H-pyrrole nitrogens is 1. The van der Waals surface area contributed by atoms with Crippen molar-refractivity contribution in [2.75, 3.05) is 11.1 Å². The molecule has 0 spiro atoms. The Hall–Kier alpha value is -2.62. The highest BCUT2D eigenvalue weighted by atomic mass is 32.2. The summed E-state index contributed by atoms with van der Waals surface area (Å²) in [5.74, 6) is 1.40. The molecule has 3 atom stereocenters. The van der Waals surface area contributed by atoms with Gasteiger partial charge in [0.1, 0.15) is 11.6 Å². The minimum Gasteiger partial charge on any atom is -0.332 e. The van der Waals surface area contributed by atoms with Crippen LogP contribution in [0.3, 0.4) is 0 Å². The molecule has 29 heavy (non-hydrogen) atoms. The van der Waals surface area contributed by atoms with E-state index in [-0.39, 0.29) is 35.8 Å². The molecule has 1 aromatic carbocycles. The Morgan fingerprint density at radius 2 is 2.07 bits per heavy atom. The molecule has 1 aromatic heterocycles. The van der Waals surface area contributed by atoms with Gasteiger partial charge in [-0.05, 0) is 30.5 Å². The number of amides is 3. The molecule has 0 radical (unpaired) electrons. The maximum absolute atomic E-state index is 13.0. The Morgan fingerprint density at radius 1 is 1.24 bits per heavy atom. The van der Waals surface area contributed by atoms with Gasteiger partial charge in [0, 0.05) is 23.8 Å². The van der Waals surface area contributed by atoms with Gasteiger partial charge in [0.15, 0.2) is 0 Å². The van der Waals surface area contributed by atoms with Crippen molar-refractivity contribution >= 4 is 29.6 Å². The van der Waals surface area contributed by atoms with Gasteiger partial charge < -0.3 is 10.6 Å². The van der Waals surface area contributed by atoms with Gasteiger partial charge >= 0.3 is 6.03 Å². The highest BCUT2D eigenvalue weighted by Crippen LogP contribution is 2.33. The number of carbonyl (C=O) groups is 2. The predicted octanol–water partition coefficient (Wildman–Crippen LogP) is 2.20. The van der Waals surface area contributed by atoms with Crippen LogP contribution >= 0.6 is 11.8 Å². The van der Waals surface area contributed by atoms with E-state index in [0.29, 0.717) is 23.9 Å². The number of unbranched alkanes of at least 4 members (excludes halogenated alkanes) is 1. The smallest absolute Gasteiger partial charge is 0.315 e. The monoisotopic (exact) mass is 418 g/mol. The van der Waals surface area contributed by atoms with Crippen LogP contribution in [-0.4, -0.2) is 50.2 Å². The number of urea groups is 1. The Balaban J connectivity index is 1.16. The molecule has 154 valence electrons.